The average Bonchev–Trinajstić information content (AvgIpc) is 2.46. The highest BCUT2D eigenvalue weighted by Gasteiger charge is 2.14. The Hall–Kier alpha value is -2.39. The number of carboxylic acid groups (broad SMARTS) is 1. The molecule has 0 atom stereocenters. The Morgan fingerprint density at radius 1 is 1.14 bits per heavy atom. The fourth-order valence-corrected chi connectivity index (χ4v) is 2.54. The van der Waals surface area contributed by atoms with E-state index in [1.165, 1.54) is 0 Å². The van der Waals surface area contributed by atoms with Crippen molar-refractivity contribution >= 4 is 28.5 Å². The molecule has 0 unspecified atom stereocenters. The smallest absolute Gasteiger partial charge is 0.336 e. The number of carbonyl (C=O) groups is 1. The number of pyridine rings is 1. The van der Waals surface area contributed by atoms with Crippen molar-refractivity contribution in [3.05, 3.63) is 64.7 Å². The van der Waals surface area contributed by atoms with Gasteiger partial charge in [0.25, 0.3) is 0 Å². The number of fused-ring (bicyclic) bond motifs is 1. The normalized spacial score (nSPS) is 10.8. The van der Waals surface area contributed by atoms with Crippen LogP contribution in [0.15, 0.2) is 48.5 Å². The number of halogens is 1. The molecule has 1 aromatic heterocycles. The third kappa shape index (κ3) is 2.48. The first kappa shape index (κ1) is 13.6. The maximum absolute atomic E-state index is 11.5. The number of aromatic carboxylic acids is 1. The Morgan fingerprint density at radius 2 is 1.90 bits per heavy atom. The average molecular weight is 298 g/mol. The zero-order valence-corrected chi connectivity index (χ0v) is 12.1. The Morgan fingerprint density at radius 3 is 2.62 bits per heavy atom. The second-order valence-electron chi connectivity index (χ2n) is 4.84. The van der Waals surface area contributed by atoms with E-state index in [0.29, 0.717) is 21.6 Å². The lowest BCUT2D eigenvalue weighted by Gasteiger charge is -2.09. The summed E-state index contributed by atoms with van der Waals surface area (Å²) in [6.07, 6.45) is 0. The van der Waals surface area contributed by atoms with Gasteiger partial charge in [0.2, 0.25) is 0 Å². The van der Waals surface area contributed by atoms with Gasteiger partial charge < -0.3 is 5.11 Å². The number of benzene rings is 2. The zero-order valence-electron chi connectivity index (χ0n) is 11.3. The van der Waals surface area contributed by atoms with Crippen LogP contribution in [0.1, 0.15) is 15.9 Å². The third-order valence-corrected chi connectivity index (χ3v) is 3.66. The van der Waals surface area contributed by atoms with Gasteiger partial charge in [-0.05, 0) is 30.7 Å². The SMILES string of the molecule is Cc1ccccc1-c1cc(C(=O)O)c2ccc(Cl)cc2n1. The van der Waals surface area contributed by atoms with Gasteiger partial charge in [0.1, 0.15) is 0 Å². The Labute approximate surface area is 126 Å². The highest BCUT2D eigenvalue weighted by Crippen LogP contribution is 2.28. The number of aryl methyl sites for hydroxylation is 1. The summed E-state index contributed by atoms with van der Waals surface area (Å²) in [5, 5.41) is 10.6. The van der Waals surface area contributed by atoms with E-state index in [4.69, 9.17) is 11.6 Å². The van der Waals surface area contributed by atoms with Crippen LogP contribution in [0.2, 0.25) is 5.02 Å². The zero-order chi connectivity index (χ0) is 15.0. The minimum Gasteiger partial charge on any atom is -0.478 e. The van der Waals surface area contributed by atoms with Crippen LogP contribution in [-0.2, 0) is 0 Å². The van der Waals surface area contributed by atoms with Gasteiger partial charge in [0.05, 0.1) is 16.8 Å². The van der Waals surface area contributed by atoms with Gasteiger partial charge in [-0.25, -0.2) is 9.78 Å². The maximum atomic E-state index is 11.5. The number of hydrogen-bond acceptors (Lipinski definition) is 2. The predicted octanol–water partition coefficient (Wildman–Crippen LogP) is 4.56. The van der Waals surface area contributed by atoms with E-state index >= 15 is 0 Å². The molecule has 0 amide bonds. The Bertz CT molecular complexity index is 859. The van der Waals surface area contributed by atoms with Crippen LogP contribution in [0.25, 0.3) is 22.2 Å². The second-order valence-corrected chi connectivity index (χ2v) is 5.27. The van der Waals surface area contributed by atoms with Crippen LogP contribution in [0.3, 0.4) is 0 Å². The first-order valence-electron chi connectivity index (χ1n) is 6.46. The summed E-state index contributed by atoms with van der Waals surface area (Å²) in [5.74, 6) is -0.973. The van der Waals surface area contributed by atoms with Crippen molar-refractivity contribution in [3.63, 3.8) is 0 Å². The molecule has 0 aliphatic carbocycles. The molecule has 104 valence electrons. The van der Waals surface area contributed by atoms with E-state index < -0.39 is 5.97 Å². The highest BCUT2D eigenvalue weighted by atomic mass is 35.5. The van der Waals surface area contributed by atoms with E-state index in [0.717, 1.165) is 11.1 Å². The largest absolute Gasteiger partial charge is 0.478 e. The summed E-state index contributed by atoms with van der Waals surface area (Å²) in [6, 6.07) is 14.4. The van der Waals surface area contributed by atoms with Crippen molar-refractivity contribution in [1.29, 1.82) is 0 Å². The van der Waals surface area contributed by atoms with E-state index in [1.54, 1.807) is 24.3 Å². The number of hydrogen-bond donors (Lipinski definition) is 1. The van der Waals surface area contributed by atoms with E-state index in [1.807, 2.05) is 31.2 Å². The second kappa shape index (κ2) is 5.19. The van der Waals surface area contributed by atoms with Crippen LogP contribution >= 0.6 is 11.6 Å². The number of aromatic nitrogens is 1. The minimum atomic E-state index is -0.973. The fourth-order valence-electron chi connectivity index (χ4n) is 2.38. The molecule has 0 saturated heterocycles. The van der Waals surface area contributed by atoms with Crippen LogP contribution < -0.4 is 0 Å². The molecule has 3 aromatic rings. The molecule has 2 aromatic carbocycles. The molecule has 0 fully saturated rings. The molecule has 0 aliphatic rings. The summed E-state index contributed by atoms with van der Waals surface area (Å²) in [5.41, 5.74) is 3.42. The van der Waals surface area contributed by atoms with Crippen molar-refractivity contribution in [2.45, 2.75) is 6.92 Å². The summed E-state index contributed by atoms with van der Waals surface area (Å²) < 4.78 is 0. The highest BCUT2D eigenvalue weighted by molar-refractivity contribution is 6.31. The molecule has 3 nitrogen and oxygen atoms in total. The molecular weight excluding hydrogens is 286 g/mol. The number of nitrogens with zero attached hydrogens (tertiary/aromatic N) is 1. The molecule has 0 bridgehead atoms. The Kier molecular flexibility index (Phi) is 3.35. The summed E-state index contributed by atoms with van der Waals surface area (Å²) in [4.78, 5) is 16.1. The van der Waals surface area contributed by atoms with Gasteiger partial charge >= 0.3 is 5.97 Å². The summed E-state index contributed by atoms with van der Waals surface area (Å²) in [7, 11) is 0. The van der Waals surface area contributed by atoms with Crippen LogP contribution in [0, 0.1) is 6.92 Å². The first-order valence-corrected chi connectivity index (χ1v) is 6.83. The van der Waals surface area contributed by atoms with Crippen LogP contribution in [0.4, 0.5) is 0 Å². The minimum absolute atomic E-state index is 0.231. The quantitative estimate of drug-likeness (QED) is 0.754. The third-order valence-electron chi connectivity index (χ3n) is 3.42. The van der Waals surface area contributed by atoms with Crippen LogP contribution in [0.5, 0.6) is 0 Å². The summed E-state index contributed by atoms with van der Waals surface area (Å²) in [6.45, 7) is 1.97. The first-order chi connectivity index (χ1) is 10.1. The molecule has 0 aliphatic heterocycles. The molecule has 0 radical (unpaired) electrons. The topological polar surface area (TPSA) is 50.2 Å². The van der Waals surface area contributed by atoms with Gasteiger partial charge in [0, 0.05) is 16.0 Å². The summed E-state index contributed by atoms with van der Waals surface area (Å²) >= 11 is 5.99. The maximum Gasteiger partial charge on any atom is 0.336 e. The van der Waals surface area contributed by atoms with E-state index in [-0.39, 0.29) is 5.56 Å². The number of carboxylic acids is 1. The van der Waals surface area contributed by atoms with Gasteiger partial charge in [-0.3, -0.25) is 0 Å². The Balaban J connectivity index is 2.35. The fraction of sp³-hybridized carbons (Fsp3) is 0.0588. The standard InChI is InChI=1S/C17H12ClNO2/c1-10-4-2-3-5-12(10)16-9-14(17(20)21)13-7-6-11(18)8-15(13)19-16/h2-9H,1H3,(H,20,21). The van der Waals surface area contributed by atoms with Gasteiger partial charge in [-0.1, -0.05) is 41.9 Å². The molecular formula is C17H12ClNO2. The lowest BCUT2D eigenvalue weighted by molar-refractivity contribution is 0.0699. The lowest BCUT2D eigenvalue weighted by Crippen LogP contribution is -2.00. The lowest BCUT2D eigenvalue weighted by atomic mass is 10.0. The van der Waals surface area contributed by atoms with Gasteiger partial charge in [-0.2, -0.15) is 0 Å². The van der Waals surface area contributed by atoms with E-state index in [2.05, 4.69) is 4.98 Å². The number of rotatable bonds is 2. The van der Waals surface area contributed by atoms with Crippen molar-refractivity contribution < 1.29 is 9.90 Å². The predicted molar refractivity (Wildman–Crippen MR) is 83.9 cm³/mol. The van der Waals surface area contributed by atoms with E-state index in [9.17, 15) is 9.90 Å². The molecule has 1 N–H and O–H groups in total. The molecule has 21 heavy (non-hydrogen) atoms. The van der Waals surface area contributed by atoms with Gasteiger partial charge in [-0.15, -0.1) is 0 Å². The van der Waals surface area contributed by atoms with Crippen LogP contribution in [-0.4, -0.2) is 16.1 Å². The van der Waals surface area contributed by atoms with Crippen molar-refractivity contribution in [1.82, 2.24) is 4.98 Å². The molecule has 0 spiro atoms. The van der Waals surface area contributed by atoms with Crippen molar-refractivity contribution in [2.75, 3.05) is 0 Å². The van der Waals surface area contributed by atoms with Crippen molar-refractivity contribution in [3.8, 4) is 11.3 Å². The molecule has 0 saturated carbocycles. The monoisotopic (exact) mass is 297 g/mol. The van der Waals surface area contributed by atoms with Gasteiger partial charge in [0.15, 0.2) is 0 Å². The molecule has 1 heterocycles. The van der Waals surface area contributed by atoms with Crippen molar-refractivity contribution in [2.24, 2.45) is 0 Å². The molecule has 4 heteroatoms. The molecule has 3 rings (SSSR count).